The van der Waals surface area contributed by atoms with E-state index in [4.69, 9.17) is 11.6 Å². The topological polar surface area (TPSA) is 33.2 Å². The van der Waals surface area contributed by atoms with Crippen LogP contribution in [0.5, 0.6) is 0 Å². The molecular formula is C16H17ClN2OS. The Bertz CT molecular complexity index is 708. The highest BCUT2D eigenvalue weighted by atomic mass is 35.5. The van der Waals surface area contributed by atoms with E-state index in [0.717, 1.165) is 27.0 Å². The number of carbonyl (C=O) groups excluding carboxylic acids is 1. The lowest BCUT2D eigenvalue weighted by Crippen LogP contribution is -2.35. The number of carbonyl (C=O) groups is 1. The number of rotatable bonds is 2. The number of hydrogen-bond donors (Lipinski definition) is 0. The van der Waals surface area contributed by atoms with E-state index in [9.17, 15) is 4.79 Å². The molecule has 0 N–H and O–H groups in total. The molecule has 1 aromatic heterocycles. The van der Waals surface area contributed by atoms with Gasteiger partial charge in [0.05, 0.1) is 17.1 Å². The van der Waals surface area contributed by atoms with E-state index in [-0.39, 0.29) is 11.3 Å². The van der Waals surface area contributed by atoms with Gasteiger partial charge in [0, 0.05) is 33.6 Å². The largest absolute Gasteiger partial charge is 0.311 e. The van der Waals surface area contributed by atoms with E-state index >= 15 is 0 Å². The Kier molecular flexibility index (Phi) is 3.54. The maximum atomic E-state index is 12.6. The Morgan fingerprint density at radius 2 is 2.24 bits per heavy atom. The molecule has 2 aromatic rings. The minimum Gasteiger partial charge on any atom is -0.311 e. The molecule has 0 unspecified atom stereocenters. The molecule has 3 nitrogen and oxygen atoms in total. The zero-order valence-corrected chi connectivity index (χ0v) is 13.9. The molecule has 1 aliphatic heterocycles. The summed E-state index contributed by atoms with van der Waals surface area (Å²) in [5.74, 6) is 0.0781. The molecule has 21 heavy (non-hydrogen) atoms. The van der Waals surface area contributed by atoms with E-state index in [2.05, 4.69) is 18.8 Å². The summed E-state index contributed by atoms with van der Waals surface area (Å²) in [6.07, 6.45) is 0.340. The molecule has 1 amide bonds. The Hall–Kier alpha value is -1.39. The molecule has 0 aliphatic carbocycles. The van der Waals surface area contributed by atoms with Crippen LogP contribution in [0.4, 0.5) is 5.69 Å². The van der Waals surface area contributed by atoms with Crippen molar-refractivity contribution in [3.63, 3.8) is 0 Å². The molecule has 5 heteroatoms. The Morgan fingerprint density at radius 3 is 2.90 bits per heavy atom. The van der Waals surface area contributed by atoms with Gasteiger partial charge in [-0.25, -0.2) is 4.98 Å². The smallest absolute Gasteiger partial charge is 0.233 e. The molecule has 0 bridgehead atoms. The molecule has 0 saturated heterocycles. The average molecular weight is 321 g/mol. The van der Waals surface area contributed by atoms with Crippen LogP contribution >= 0.6 is 22.9 Å². The van der Waals surface area contributed by atoms with Crippen molar-refractivity contribution in [2.75, 3.05) is 11.4 Å². The number of fused-ring (bicyclic) bond motifs is 1. The SMILES string of the molecule is Cc1nc(CC(=O)N2CC(C)(C)c3c(Cl)cccc32)cs1. The quantitative estimate of drug-likeness (QED) is 0.838. The predicted octanol–water partition coefficient (Wildman–Crippen LogP) is 3.97. The fourth-order valence-electron chi connectivity index (χ4n) is 2.93. The van der Waals surface area contributed by atoms with Crippen molar-refractivity contribution >= 4 is 34.5 Å². The van der Waals surface area contributed by atoms with Crippen molar-refractivity contribution in [2.24, 2.45) is 0 Å². The highest BCUT2D eigenvalue weighted by Crippen LogP contribution is 2.44. The van der Waals surface area contributed by atoms with E-state index in [1.54, 1.807) is 11.3 Å². The average Bonchev–Trinajstić information content (AvgIpc) is 2.92. The number of aryl methyl sites for hydroxylation is 1. The number of thiazole rings is 1. The van der Waals surface area contributed by atoms with Gasteiger partial charge >= 0.3 is 0 Å². The third kappa shape index (κ3) is 2.58. The van der Waals surface area contributed by atoms with Gasteiger partial charge in [0.1, 0.15) is 0 Å². The molecule has 1 aromatic carbocycles. The first kappa shape index (κ1) is 14.5. The lowest BCUT2D eigenvalue weighted by Gasteiger charge is -2.20. The van der Waals surface area contributed by atoms with Crippen LogP contribution in [0.2, 0.25) is 5.02 Å². The number of nitrogens with zero attached hydrogens (tertiary/aromatic N) is 2. The summed E-state index contributed by atoms with van der Waals surface area (Å²) in [6.45, 7) is 6.86. The number of halogens is 1. The van der Waals surface area contributed by atoms with Gasteiger partial charge in [0.25, 0.3) is 0 Å². The van der Waals surface area contributed by atoms with Gasteiger partial charge in [0.2, 0.25) is 5.91 Å². The van der Waals surface area contributed by atoms with Crippen molar-refractivity contribution in [2.45, 2.75) is 32.6 Å². The first-order valence-electron chi connectivity index (χ1n) is 6.89. The molecule has 2 heterocycles. The minimum absolute atomic E-state index is 0.0781. The standard InChI is InChI=1S/C16H17ClN2OS/c1-10-18-11(8-21-10)7-14(20)19-9-16(2,3)15-12(17)5-4-6-13(15)19/h4-6,8H,7,9H2,1-3H3. The second kappa shape index (κ2) is 5.11. The number of anilines is 1. The number of aromatic nitrogens is 1. The van der Waals surface area contributed by atoms with Gasteiger partial charge in [-0.1, -0.05) is 31.5 Å². The maximum Gasteiger partial charge on any atom is 0.233 e. The van der Waals surface area contributed by atoms with Gasteiger partial charge < -0.3 is 4.90 Å². The summed E-state index contributed by atoms with van der Waals surface area (Å²) in [5.41, 5.74) is 2.72. The minimum atomic E-state index is -0.124. The Morgan fingerprint density at radius 1 is 1.48 bits per heavy atom. The summed E-state index contributed by atoms with van der Waals surface area (Å²) < 4.78 is 0. The third-order valence-corrected chi connectivity index (χ3v) is 4.95. The van der Waals surface area contributed by atoms with Crippen molar-refractivity contribution in [3.8, 4) is 0 Å². The number of hydrogen-bond acceptors (Lipinski definition) is 3. The maximum absolute atomic E-state index is 12.6. The van der Waals surface area contributed by atoms with Crippen molar-refractivity contribution < 1.29 is 4.79 Å². The molecule has 0 fully saturated rings. The van der Waals surface area contributed by atoms with Crippen LogP contribution in [0.3, 0.4) is 0 Å². The summed E-state index contributed by atoms with van der Waals surface area (Å²) in [7, 11) is 0. The number of amides is 1. The van der Waals surface area contributed by atoms with Crippen LogP contribution in [0.15, 0.2) is 23.6 Å². The van der Waals surface area contributed by atoms with E-state index in [0.29, 0.717) is 13.0 Å². The van der Waals surface area contributed by atoms with Crippen LogP contribution in [0.25, 0.3) is 0 Å². The number of benzene rings is 1. The summed E-state index contributed by atoms with van der Waals surface area (Å²) in [6, 6.07) is 5.76. The van der Waals surface area contributed by atoms with Crippen LogP contribution in [-0.2, 0) is 16.6 Å². The van der Waals surface area contributed by atoms with Gasteiger partial charge in [-0.3, -0.25) is 4.79 Å². The molecule has 0 spiro atoms. The summed E-state index contributed by atoms with van der Waals surface area (Å²) in [5, 5.41) is 3.67. The fraction of sp³-hybridized carbons (Fsp3) is 0.375. The van der Waals surface area contributed by atoms with Crippen LogP contribution < -0.4 is 4.90 Å². The summed E-state index contributed by atoms with van der Waals surface area (Å²) >= 11 is 7.91. The normalized spacial score (nSPS) is 16.1. The third-order valence-electron chi connectivity index (χ3n) is 3.81. The predicted molar refractivity (Wildman–Crippen MR) is 87.4 cm³/mol. The Labute approximate surface area is 133 Å². The van der Waals surface area contributed by atoms with Crippen molar-refractivity contribution in [1.82, 2.24) is 4.98 Å². The first-order chi connectivity index (χ1) is 9.88. The molecular weight excluding hydrogens is 304 g/mol. The molecule has 110 valence electrons. The van der Waals surface area contributed by atoms with Crippen LogP contribution in [0.1, 0.15) is 30.1 Å². The second-order valence-corrected chi connectivity index (χ2v) is 7.50. The lowest BCUT2D eigenvalue weighted by atomic mass is 9.87. The second-order valence-electron chi connectivity index (χ2n) is 6.03. The molecule has 0 saturated carbocycles. The van der Waals surface area contributed by atoms with Crippen LogP contribution in [-0.4, -0.2) is 17.4 Å². The van der Waals surface area contributed by atoms with Gasteiger partial charge in [0.15, 0.2) is 0 Å². The lowest BCUT2D eigenvalue weighted by molar-refractivity contribution is -0.118. The molecule has 1 aliphatic rings. The summed E-state index contributed by atoms with van der Waals surface area (Å²) in [4.78, 5) is 18.9. The monoisotopic (exact) mass is 320 g/mol. The highest BCUT2D eigenvalue weighted by Gasteiger charge is 2.39. The van der Waals surface area contributed by atoms with Crippen molar-refractivity contribution in [3.05, 3.63) is 44.9 Å². The zero-order valence-electron chi connectivity index (χ0n) is 12.3. The first-order valence-corrected chi connectivity index (χ1v) is 8.14. The fourth-order valence-corrected chi connectivity index (χ4v) is 3.97. The molecule has 0 atom stereocenters. The molecule has 0 radical (unpaired) electrons. The van der Waals surface area contributed by atoms with Crippen LogP contribution in [0, 0.1) is 6.92 Å². The van der Waals surface area contributed by atoms with E-state index < -0.39 is 0 Å². The van der Waals surface area contributed by atoms with Gasteiger partial charge in [-0.15, -0.1) is 11.3 Å². The van der Waals surface area contributed by atoms with E-state index in [1.807, 2.05) is 35.4 Å². The van der Waals surface area contributed by atoms with Gasteiger partial charge in [-0.05, 0) is 19.1 Å². The zero-order chi connectivity index (χ0) is 15.2. The van der Waals surface area contributed by atoms with Crippen molar-refractivity contribution in [1.29, 1.82) is 0 Å². The Balaban J connectivity index is 1.91. The highest BCUT2D eigenvalue weighted by molar-refractivity contribution is 7.09. The van der Waals surface area contributed by atoms with Gasteiger partial charge in [-0.2, -0.15) is 0 Å². The molecule has 3 rings (SSSR count). The van der Waals surface area contributed by atoms with E-state index in [1.165, 1.54) is 0 Å².